The molecular formula is C18H20N2. The molecule has 0 unspecified atom stereocenters. The first kappa shape index (κ1) is 14.2. The van der Waals surface area contributed by atoms with E-state index in [1.165, 1.54) is 16.7 Å². The van der Waals surface area contributed by atoms with Crippen molar-refractivity contribution in [3.63, 3.8) is 0 Å². The van der Waals surface area contributed by atoms with Crippen LogP contribution in [0.15, 0.2) is 37.1 Å². The van der Waals surface area contributed by atoms with E-state index in [2.05, 4.69) is 60.7 Å². The molecule has 1 aromatic heterocycles. The van der Waals surface area contributed by atoms with Crippen molar-refractivity contribution in [1.82, 2.24) is 9.97 Å². The number of aromatic nitrogens is 2. The number of hydrogen-bond donors (Lipinski definition) is 0. The van der Waals surface area contributed by atoms with Crippen molar-refractivity contribution in [1.29, 1.82) is 0 Å². The van der Waals surface area contributed by atoms with E-state index in [-0.39, 0.29) is 0 Å². The summed E-state index contributed by atoms with van der Waals surface area (Å²) in [7, 11) is 0. The van der Waals surface area contributed by atoms with Crippen LogP contribution in [-0.4, -0.2) is 9.97 Å². The van der Waals surface area contributed by atoms with Gasteiger partial charge in [0.2, 0.25) is 0 Å². The van der Waals surface area contributed by atoms with E-state index in [4.69, 9.17) is 0 Å². The van der Waals surface area contributed by atoms with Crippen molar-refractivity contribution >= 4 is 12.2 Å². The molecule has 2 heteroatoms. The van der Waals surface area contributed by atoms with Gasteiger partial charge < -0.3 is 0 Å². The summed E-state index contributed by atoms with van der Waals surface area (Å²) < 4.78 is 0. The zero-order valence-electron chi connectivity index (χ0n) is 12.4. The maximum Gasteiger partial charge on any atom is 0.125 e. The van der Waals surface area contributed by atoms with Gasteiger partial charge in [0.1, 0.15) is 5.82 Å². The Labute approximate surface area is 120 Å². The van der Waals surface area contributed by atoms with Crippen molar-refractivity contribution in [3.8, 4) is 0 Å². The number of hydrogen-bond acceptors (Lipinski definition) is 2. The predicted octanol–water partition coefficient (Wildman–Crippen LogP) is 4.30. The van der Waals surface area contributed by atoms with Crippen LogP contribution in [0.25, 0.3) is 12.2 Å². The van der Waals surface area contributed by atoms with Crippen LogP contribution >= 0.6 is 0 Å². The summed E-state index contributed by atoms with van der Waals surface area (Å²) in [6, 6.07) is 6.40. The molecule has 0 atom stereocenters. The summed E-state index contributed by atoms with van der Waals surface area (Å²) in [5.41, 5.74) is 5.94. The Morgan fingerprint density at radius 2 is 1.85 bits per heavy atom. The minimum absolute atomic E-state index is 0.780. The van der Waals surface area contributed by atoms with Crippen LogP contribution < -0.4 is 0 Å². The van der Waals surface area contributed by atoms with Gasteiger partial charge in [-0.3, -0.25) is 0 Å². The standard InChI is InChI=1S/C18H20N2/c1-5-16-12-19-15(4)20-18(16)11-7-10-17-13(2)8-6-9-14(17)3/h5-9,11-12H,1,10H2,2-4H3/b11-7-. The number of rotatable bonds is 4. The van der Waals surface area contributed by atoms with E-state index < -0.39 is 0 Å². The van der Waals surface area contributed by atoms with E-state index in [0.29, 0.717) is 0 Å². The third-order valence-corrected chi connectivity index (χ3v) is 3.43. The highest BCUT2D eigenvalue weighted by molar-refractivity contribution is 5.60. The van der Waals surface area contributed by atoms with Gasteiger partial charge in [-0.05, 0) is 50.0 Å². The summed E-state index contributed by atoms with van der Waals surface area (Å²) in [6.07, 6.45) is 8.73. The van der Waals surface area contributed by atoms with Crippen LogP contribution in [0.2, 0.25) is 0 Å². The van der Waals surface area contributed by atoms with Crippen LogP contribution in [-0.2, 0) is 6.42 Å². The lowest BCUT2D eigenvalue weighted by Crippen LogP contribution is -1.94. The number of allylic oxidation sites excluding steroid dienone is 1. The molecule has 0 fully saturated rings. The third-order valence-electron chi connectivity index (χ3n) is 3.43. The molecule has 20 heavy (non-hydrogen) atoms. The molecule has 0 aliphatic heterocycles. The van der Waals surface area contributed by atoms with Gasteiger partial charge in [0.05, 0.1) is 5.69 Å². The average Bonchev–Trinajstić information content (AvgIpc) is 2.42. The van der Waals surface area contributed by atoms with Crippen molar-refractivity contribution in [2.45, 2.75) is 27.2 Å². The number of aryl methyl sites for hydroxylation is 3. The summed E-state index contributed by atoms with van der Waals surface area (Å²) in [4.78, 5) is 8.64. The molecule has 2 nitrogen and oxygen atoms in total. The van der Waals surface area contributed by atoms with E-state index >= 15 is 0 Å². The normalized spacial score (nSPS) is 10.9. The van der Waals surface area contributed by atoms with Crippen LogP contribution in [0.1, 0.15) is 33.8 Å². The first-order chi connectivity index (χ1) is 9.61. The van der Waals surface area contributed by atoms with Gasteiger partial charge in [-0.2, -0.15) is 0 Å². The number of nitrogens with zero attached hydrogens (tertiary/aromatic N) is 2. The monoisotopic (exact) mass is 264 g/mol. The molecule has 0 amide bonds. The zero-order chi connectivity index (χ0) is 14.5. The quantitative estimate of drug-likeness (QED) is 0.822. The van der Waals surface area contributed by atoms with Crippen molar-refractivity contribution in [3.05, 3.63) is 70.8 Å². The maximum absolute atomic E-state index is 4.45. The Morgan fingerprint density at radius 3 is 2.50 bits per heavy atom. The van der Waals surface area contributed by atoms with E-state index in [1.807, 2.05) is 13.1 Å². The molecule has 1 heterocycles. The molecule has 0 spiro atoms. The summed E-state index contributed by atoms with van der Waals surface area (Å²) in [6.45, 7) is 10.0. The van der Waals surface area contributed by atoms with Gasteiger partial charge >= 0.3 is 0 Å². The molecule has 1 aromatic carbocycles. The lowest BCUT2D eigenvalue weighted by molar-refractivity contribution is 1.03. The maximum atomic E-state index is 4.45. The van der Waals surface area contributed by atoms with Crippen LogP contribution in [0.3, 0.4) is 0 Å². The van der Waals surface area contributed by atoms with Gasteiger partial charge in [-0.15, -0.1) is 0 Å². The fourth-order valence-corrected chi connectivity index (χ4v) is 2.25. The Hall–Kier alpha value is -2.22. The topological polar surface area (TPSA) is 25.8 Å². The predicted molar refractivity (Wildman–Crippen MR) is 85.5 cm³/mol. The fraction of sp³-hybridized carbons (Fsp3) is 0.222. The molecule has 0 radical (unpaired) electrons. The van der Waals surface area contributed by atoms with Gasteiger partial charge in [0.15, 0.2) is 0 Å². The van der Waals surface area contributed by atoms with Crippen LogP contribution in [0.5, 0.6) is 0 Å². The second kappa shape index (κ2) is 6.29. The minimum atomic E-state index is 0.780. The molecule has 0 bridgehead atoms. The van der Waals surface area contributed by atoms with Gasteiger partial charge in [-0.25, -0.2) is 9.97 Å². The molecule has 2 aromatic rings. The smallest absolute Gasteiger partial charge is 0.125 e. The van der Waals surface area contributed by atoms with E-state index in [9.17, 15) is 0 Å². The highest BCUT2D eigenvalue weighted by atomic mass is 14.9. The summed E-state index contributed by atoms with van der Waals surface area (Å²) in [5.74, 6) is 0.780. The molecule has 2 rings (SSSR count). The van der Waals surface area contributed by atoms with Crippen LogP contribution in [0, 0.1) is 20.8 Å². The largest absolute Gasteiger partial charge is 0.241 e. The second-order valence-electron chi connectivity index (χ2n) is 4.94. The van der Waals surface area contributed by atoms with Crippen molar-refractivity contribution < 1.29 is 0 Å². The molecule has 0 N–H and O–H groups in total. The van der Waals surface area contributed by atoms with E-state index in [0.717, 1.165) is 23.5 Å². The Balaban J connectivity index is 2.22. The molecule has 0 saturated heterocycles. The Kier molecular flexibility index (Phi) is 4.46. The van der Waals surface area contributed by atoms with Gasteiger partial charge in [0, 0.05) is 11.8 Å². The SMILES string of the molecule is C=Cc1cnc(C)nc1/C=C\Cc1c(C)cccc1C. The van der Waals surface area contributed by atoms with Crippen molar-refractivity contribution in [2.75, 3.05) is 0 Å². The first-order valence-electron chi connectivity index (χ1n) is 6.79. The Bertz CT molecular complexity index is 634. The van der Waals surface area contributed by atoms with Gasteiger partial charge in [0.25, 0.3) is 0 Å². The second-order valence-corrected chi connectivity index (χ2v) is 4.94. The van der Waals surface area contributed by atoms with E-state index in [1.54, 1.807) is 6.08 Å². The minimum Gasteiger partial charge on any atom is -0.241 e. The number of benzene rings is 1. The first-order valence-corrected chi connectivity index (χ1v) is 6.79. The molecule has 0 saturated carbocycles. The highest BCUT2D eigenvalue weighted by Crippen LogP contribution is 2.15. The zero-order valence-corrected chi connectivity index (χ0v) is 12.4. The third kappa shape index (κ3) is 3.21. The summed E-state index contributed by atoms with van der Waals surface area (Å²) in [5, 5.41) is 0. The summed E-state index contributed by atoms with van der Waals surface area (Å²) >= 11 is 0. The highest BCUT2D eigenvalue weighted by Gasteiger charge is 2.01. The lowest BCUT2D eigenvalue weighted by atomic mass is 10.00. The van der Waals surface area contributed by atoms with Crippen LogP contribution in [0.4, 0.5) is 0 Å². The fourth-order valence-electron chi connectivity index (χ4n) is 2.25. The molecular weight excluding hydrogens is 244 g/mol. The van der Waals surface area contributed by atoms with Gasteiger partial charge in [-0.1, -0.05) is 36.9 Å². The van der Waals surface area contributed by atoms with Crippen molar-refractivity contribution in [2.24, 2.45) is 0 Å². The molecule has 0 aliphatic carbocycles. The molecule has 102 valence electrons. The average molecular weight is 264 g/mol. The lowest BCUT2D eigenvalue weighted by Gasteiger charge is -2.06. The Morgan fingerprint density at radius 1 is 1.15 bits per heavy atom. The molecule has 0 aliphatic rings.